The van der Waals surface area contributed by atoms with Crippen LogP contribution in [0.5, 0.6) is 0 Å². The maximum Gasteiger partial charge on any atom is 0.226 e. The minimum absolute atomic E-state index is 0.234. The van der Waals surface area contributed by atoms with Crippen LogP contribution in [0.25, 0.3) is 11.5 Å². The summed E-state index contributed by atoms with van der Waals surface area (Å²) in [5.74, 6) is 0.265. The highest BCUT2D eigenvalue weighted by molar-refractivity contribution is 5.52. The van der Waals surface area contributed by atoms with Crippen molar-refractivity contribution in [3.63, 3.8) is 0 Å². The van der Waals surface area contributed by atoms with Gasteiger partial charge in [-0.15, -0.1) is 0 Å². The van der Waals surface area contributed by atoms with Crippen LogP contribution in [0.15, 0.2) is 34.9 Å². The lowest BCUT2D eigenvalue weighted by Gasteiger charge is -2.34. The molecule has 2 heterocycles. The molecule has 0 aliphatic carbocycles. The molecule has 0 amide bonds. The molecular weight excluding hydrogens is 271 g/mol. The first-order valence-electron chi connectivity index (χ1n) is 7.18. The molecule has 0 spiro atoms. The van der Waals surface area contributed by atoms with Gasteiger partial charge in [0.05, 0.1) is 17.9 Å². The predicted octanol–water partition coefficient (Wildman–Crippen LogP) is 3.09. The van der Waals surface area contributed by atoms with E-state index in [4.69, 9.17) is 9.15 Å². The second-order valence-electron chi connectivity index (χ2n) is 5.60. The lowest BCUT2D eigenvalue weighted by atomic mass is 10.2. The monoisotopic (exact) mass is 290 g/mol. The second-order valence-corrected chi connectivity index (χ2v) is 5.60. The van der Waals surface area contributed by atoms with E-state index >= 15 is 0 Å². The third-order valence-electron chi connectivity index (χ3n) is 3.52. The molecule has 3 rings (SSSR count). The van der Waals surface area contributed by atoms with Crippen molar-refractivity contribution in [3.05, 3.63) is 42.0 Å². The van der Waals surface area contributed by atoms with Crippen LogP contribution in [-0.2, 0) is 11.3 Å². The summed E-state index contributed by atoms with van der Waals surface area (Å²) in [4.78, 5) is 6.79. The molecular formula is C16H19FN2O2. The average molecular weight is 290 g/mol. The first-order chi connectivity index (χ1) is 10.1. The molecule has 112 valence electrons. The van der Waals surface area contributed by atoms with Crippen LogP contribution in [0.1, 0.15) is 19.5 Å². The molecule has 2 atom stereocenters. The zero-order valence-electron chi connectivity index (χ0n) is 12.3. The van der Waals surface area contributed by atoms with Gasteiger partial charge in [0.2, 0.25) is 5.89 Å². The highest BCUT2D eigenvalue weighted by Crippen LogP contribution is 2.20. The van der Waals surface area contributed by atoms with Gasteiger partial charge in [-0.2, -0.15) is 0 Å². The summed E-state index contributed by atoms with van der Waals surface area (Å²) in [6, 6.07) is 6.16. The standard InChI is InChI=1S/C16H19FN2O2/c1-11-7-19(8-12(2)21-11)9-15-10-20-16(18-15)13-3-5-14(17)6-4-13/h3-6,10-12H,7-9H2,1-2H3/t11-,12-/m1/s1. The number of halogens is 1. The summed E-state index contributed by atoms with van der Waals surface area (Å²) < 4.78 is 24.1. The highest BCUT2D eigenvalue weighted by atomic mass is 19.1. The van der Waals surface area contributed by atoms with Crippen molar-refractivity contribution in [2.24, 2.45) is 0 Å². The van der Waals surface area contributed by atoms with Crippen LogP contribution >= 0.6 is 0 Å². The van der Waals surface area contributed by atoms with Gasteiger partial charge in [0.15, 0.2) is 0 Å². The number of ether oxygens (including phenoxy) is 1. The van der Waals surface area contributed by atoms with Crippen LogP contribution < -0.4 is 0 Å². The van der Waals surface area contributed by atoms with Gasteiger partial charge in [-0.25, -0.2) is 9.37 Å². The molecule has 1 fully saturated rings. The number of hydrogen-bond acceptors (Lipinski definition) is 4. The maximum atomic E-state index is 12.9. The molecule has 1 aliphatic heterocycles. The summed E-state index contributed by atoms with van der Waals surface area (Å²) in [6.07, 6.45) is 2.14. The Balaban J connectivity index is 1.69. The van der Waals surface area contributed by atoms with Gasteiger partial charge in [0, 0.05) is 25.2 Å². The van der Waals surface area contributed by atoms with Gasteiger partial charge >= 0.3 is 0 Å². The molecule has 2 aromatic rings. The lowest BCUT2D eigenvalue weighted by molar-refractivity contribution is -0.0707. The topological polar surface area (TPSA) is 38.5 Å². The molecule has 0 radical (unpaired) electrons. The van der Waals surface area contributed by atoms with E-state index in [9.17, 15) is 4.39 Å². The van der Waals surface area contributed by atoms with Crippen LogP contribution in [0.4, 0.5) is 4.39 Å². The van der Waals surface area contributed by atoms with Gasteiger partial charge in [0.1, 0.15) is 12.1 Å². The Morgan fingerprint density at radius 2 is 1.86 bits per heavy atom. The van der Waals surface area contributed by atoms with Crippen molar-refractivity contribution in [1.29, 1.82) is 0 Å². The molecule has 0 N–H and O–H groups in total. The Morgan fingerprint density at radius 3 is 2.52 bits per heavy atom. The fourth-order valence-corrected chi connectivity index (χ4v) is 2.75. The SMILES string of the molecule is C[C@@H]1CN(Cc2coc(-c3ccc(F)cc3)n2)C[C@@H](C)O1. The number of hydrogen-bond donors (Lipinski definition) is 0. The quantitative estimate of drug-likeness (QED) is 0.870. The second kappa shape index (κ2) is 5.95. The first kappa shape index (κ1) is 14.2. The molecule has 4 nitrogen and oxygen atoms in total. The lowest BCUT2D eigenvalue weighted by Crippen LogP contribution is -2.44. The predicted molar refractivity (Wildman–Crippen MR) is 77.2 cm³/mol. The molecule has 21 heavy (non-hydrogen) atoms. The summed E-state index contributed by atoms with van der Waals surface area (Å²) in [7, 11) is 0. The molecule has 1 aliphatic rings. The van der Waals surface area contributed by atoms with E-state index in [0.29, 0.717) is 5.89 Å². The summed E-state index contributed by atoms with van der Waals surface area (Å²) in [5, 5.41) is 0. The fraction of sp³-hybridized carbons (Fsp3) is 0.438. The Labute approximate surface area is 123 Å². The van der Waals surface area contributed by atoms with Crippen LogP contribution in [0.3, 0.4) is 0 Å². The van der Waals surface area contributed by atoms with E-state index in [2.05, 4.69) is 23.7 Å². The smallest absolute Gasteiger partial charge is 0.226 e. The van der Waals surface area contributed by atoms with Crippen LogP contribution in [-0.4, -0.2) is 35.2 Å². The normalized spacial score (nSPS) is 23.4. The number of morpholine rings is 1. The summed E-state index contributed by atoms with van der Waals surface area (Å²) in [6.45, 7) is 6.68. The average Bonchev–Trinajstić information content (AvgIpc) is 2.87. The van der Waals surface area contributed by atoms with Gasteiger partial charge in [-0.1, -0.05) is 0 Å². The van der Waals surface area contributed by atoms with Crippen molar-refractivity contribution in [2.45, 2.75) is 32.6 Å². The molecule has 0 unspecified atom stereocenters. The van der Waals surface area contributed by atoms with Crippen LogP contribution in [0, 0.1) is 5.82 Å². The van der Waals surface area contributed by atoms with Gasteiger partial charge < -0.3 is 9.15 Å². The van der Waals surface area contributed by atoms with Crippen molar-refractivity contribution in [2.75, 3.05) is 13.1 Å². The van der Waals surface area contributed by atoms with E-state index in [1.165, 1.54) is 12.1 Å². The molecule has 1 saturated heterocycles. The minimum atomic E-state index is -0.262. The highest BCUT2D eigenvalue weighted by Gasteiger charge is 2.23. The Morgan fingerprint density at radius 1 is 1.19 bits per heavy atom. The van der Waals surface area contributed by atoms with E-state index in [1.807, 2.05) is 0 Å². The number of nitrogens with zero attached hydrogens (tertiary/aromatic N) is 2. The maximum absolute atomic E-state index is 12.9. The zero-order valence-corrected chi connectivity index (χ0v) is 12.3. The Kier molecular flexibility index (Phi) is 4.03. The number of rotatable bonds is 3. The molecule has 1 aromatic carbocycles. The van der Waals surface area contributed by atoms with E-state index in [1.54, 1.807) is 18.4 Å². The summed E-state index contributed by atoms with van der Waals surface area (Å²) in [5.41, 5.74) is 1.67. The summed E-state index contributed by atoms with van der Waals surface area (Å²) >= 11 is 0. The number of oxazole rings is 1. The zero-order chi connectivity index (χ0) is 14.8. The Hall–Kier alpha value is -1.72. The molecule has 0 bridgehead atoms. The van der Waals surface area contributed by atoms with Gasteiger partial charge in [-0.3, -0.25) is 4.90 Å². The van der Waals surface area contributed by atoms with Gasteiger partial charge in [-0.05, 0) is 38.1 Å². The van der Waals surface area contributed by atoms with Crippen molar-refractivity contribution in [3.8, 4) is 11.5 Å². The van der Waals surface area contributed by atoms with E-state index in [-0.39, 0.29) is 18.0 Å². The molecule has 0 saturated carbocycles. The first-order valence-corrected chi connectivity index (χ1v) is 7.18. The number of benzene rings is 1. The van der Waals surface area contributed by atoms with E-state index < -0.39 is 0 Å². The van der Waals surface area contributed by atoms with E-state index in [0.717, 1.165) is 30.9 Å². The van der Waals surface area contributed by atoms with Crippen molar-refractivity contribution in [1.82, 2.24) is 9.88 Å². The third kappa shape index (κ3) is 3.49. The number of aromatic nitrogens is 1. The van der Waals surface area contributed by atoms with Crippen molar-refractivity contribution >= 4 is 0 Å². The van der Waals surface area contributed by atoms with Crippen LogP contribution in [0.2, 0.25) is 0 Å². The minimum Gasteiger partial charge on any atom is -0.444 e. The molecule has 1 aromatic heterocycles. The van der Waals surface area contributed by atoms with Crippen molar-refractivity contribution < 1.29 is 13.5 Å². The largest absolute Gasteiger partial charge is 0.444 e. The Bertz CT molecular complexity index is 587. The molecule has 5 heteroatoms. The van der Waals surface area contributed by atoms with Gasteiger partial charge in [0.25, 0.3) is 0 Å². The fourth-order valence-electron chi connectivity index (χ4n) is 2.75. The third-order valence-corrected chi connectivity index (χ3v) is 3.52.